The molecular weight excluding hydrogens is 536 g/mol. The fourth-order valence-electron chi connectivity index (χ4n) is 12.9. The van der Waals surface area contributed by atoms with E-state index in [1.54, 1.807) is 0 Å². The Bertz CT molecular complexity index is 1120. The molecule has 5 fully saturated rings. The lowest BCUT2D eigenvalue weighted by atomic mass is 9.32. The van der Waals surface area contributed by atoms with Crippen LogP contribution in [0.4, 0.5) is 0 Å². The topological polar surface area (TPSA) is 72.8 Å². The van der Waals surface area contributed by atoms with Crippen LogP contribution in [0.5, 0.6) is 0 Å². The Morgan fingerprint density at radius 1 is 0.837 bits per heavy atom. The maximum Gasteiger partial charge on any atom is 0.306 e. The molecule has 5 aliphatic rings. The monoisotopic (exact) mass is 598 g/mol. The standard InChI is InChI=1S/C38H62O5/c1-24(2)25-13-18-38(23-39)20-19-36(8)26(32(25)38)11-12-28-35(7)16-15-29(34(5,6)27(35)14-17-37(28,36)9)43-31(41)22-33(3,4)21-30(40)42-10/h25-29,32,39H,1,11-23H2,2-10H3/t25-,26+,27-,28+,29-,32+,35-,36+,37+,38+/m0/s1. The minimum absolute atomic E-state index is 0.0907. The van der Waals surface area contributed by atoms with Crippen molar-refractivity contribution in [3.8, 4) is 0 Å². The molecule has 0 unspecified atom stereocenters. The van der Waals surface area contributed by atoms with Crippen molar-refractivity contribution in [3.05, 3.63) is 12.2 Å². The largest absolute Gasteiger partial charge is 0.469 e. The number of aliphatic hydroxyl groups excluding tert-OH is 1. The molecule has 0 aliphatic heterocycles. The van der Waals surface area contributed by atoms with E-state index in [2.05, 4.69) is 48.1 Å². The third-order valence-electron chi connectivity index (χ3n) is 15.2. The number of methoxy groups -OCH3 is 1. The molecule has 1 N–H and O–H groups in total. The summed E-state index contributed by atoms with van der Waals surface area (Å²) in [5.74, 6) is 2.44. The van der Waals surface area contributed by atoms with Crippen molar-refractivity contribution >= 4 is 11.9 Å². The molecule has 5 rings (SSSR count). The van der Waals surface area contributed by atoms with E-state index >= 15 is 0 Å². The van der Waals surface area contributed by atoms with Crippen LogP contribution in [-0.4, -0.2) is 36.9 Å². The van der Waals surface area contributed by atoms with Crippen molar-refractivity contribution in [1.29, 1.82) is 0 Å². The molecule has 0 amide bonds. The molecule has 0 aromatic carbocycles. The first-order chi connectivity index (χ1) is 19.9. The van der Waals surface area contributed by atoms with Gasteiger partial charge in [0.2, 0.25) is 0 Å². The van der Waals surface area contributed by atoms with Gasteiger partial charge in [0.1, 0.15) is 6.10 Å². The Kier molecular flexibility index (Phi) is 8.35. The van der Waals surface area contributed by atoms with E-state index in [1.807, 2.05) is 13.8 Å². The molecule has 0 radical (unpaired) electrons. The lowest BCUT2D eigenvalue weighted by Gasteiger charge is -2.73. The normalized spacial score (nSPS) is 45.2. The van der Waals surface area contributed by atoms with Gasteiger partial charge in [0, 0.05) is 12.0 Å². The summed E-state index contributed by atoms with van der Waals surface area (Å²) in [6, 6.07) is 0. The molecule has 5 saturated carbocycles. The minimum atomic E-state index is -0.492. The second-order valence-electron chi connectivity index (χ2n) is 18.1. The van der Waals surface area contributed by atoms with Crippen LogP contribution in [0.25, 0.3) is 0 Å². The summed E-state index contributed by atoms with van der Waals surface area (Å²) in [5.41, 5.74) is 1.57. The third-order valence-corrected chi connectivity index (χ3v) is 15.2. The predicted octanol–water partition coefficient (Wildman–Crippen LogP) is 8.53. The lowest BCUT2D eigenvalue weighted by Crippen LogP contribution is -2.67. The van der Waals surface area contributed by atoms with Gasteiger partial charge in [-0.2, -0.15) is 0 Å². The number of ether oxygens (including phenoxy) is 2. The van der Waals surface area contributed by atoms with Crippen LogP contribution in [-0.2, 0) is 19.1 Å². The maximum atomic E-state index is 13.2. The van der Waals surface area contributed by atoms with Crippen molar-refractivity contribution in [2.45, 2.75) is 139 Å². The zero-order valence-electron chi connectivity index (χ0n) is 28.9. The highest BCUT2D eigenvalue weighted by Crippen LogP contribution is 2.77. The van der Waals surface area contributed by atoms with Gasteiger partial charge in [-0.25, -0.2) is 0 Å². The number of aliphatic hydroxyl groups is 1. The molecule has 0 aromatic rings. The average molecular weight is 599 g/mol. The summed E-state index contributed by atoms with van der Waals surface area (Å²) in [7, 11) is 1.39. The quantitative estimate of drug-likeness (QED) is 0.235. The smallest absolute Gasteiger partial charge is 0.306 e. The number of carbonyl (C=O) groups excluding carboxylic acids is 2. The summed E-state index contributed by atoms with van der Waals surface area (Å²) in [4.78, 5) is 25.1. The van der Waals surface area contributed by atoms with Crippen molar-refractivity contribution in [1.82, 2.24) is 0 Å². The van der Waals surface area contributed by atoms with E-state index in [0.717, 1.165) is 25.7 Å². The minimum Gasteiger partial charge on any atom is -0.469 e. The van der Waals surface area contributed by atoms with Gasteiger partial charge in [0.05, 0.1) is 20.0 Å². The average Bonchev–Trinajstić information content (AvgIpc) is 3.30. The Balaban J connectivity index is 1.37. The first-order valence-electron chi connectivity index (χ1n) is 17.4. The second kappa shape index (κ2) is 10.9. The highest BCUT2D eigenvalue weighted by Gasteiger charge is 2.71. The van der Waals surface area contributed by atoms with Crippen LogP contribution in [0, 0.1) is 62.1 Å². The SMILES string of the molecule is C=C(C)[C@@H]1CC[C@]2(CO)CC[C@]3(C)[C@H](CC[C@@H]4[C@@]5(C)CC[C@H](OC(=O)CC(C)(C)CC(=O)OC)C(C)(C)[C@@H]5CC[C@]43C)[C@@H]12. The highest BCUT2D eigenvalue weighted by atomic mass is 16.5. The van der Waals surface area contributed by atoms with Crippen LogP contribution in [0.15, 0.2) is 12.2 Å². The first kappa shape index (κ1) is 33.0. The Morgan fingerprint density at radius 3 is 2.14 bits per heavy atom. The van der Waals surface area contributed by atoms with E-state index in [9.17, 15) is 14.7 Å². The second-order valence-corrected chi connectivity index (χ2v) is 18.1. The molecule has 0 bridgehead atoms. The predicted molar refractivity (Wildman–Crippen MR) is 171 cm³/mol. The number of rotatable bonds is 7. The fourth-order valence-corrected chi connectivity index (χ4v) is 12.9. The van der Waals surface area contributed by atoms with Crippen LogP contribution < -0.4 is 0 Å². The Hall–Kier alpha value is -1.36. The van der Waals surface area contributed by atoms with E-state index in [1.165, 1.54) is 51.2 Å². The Labute approximate surface area is 262 Å². The molecule has 0 heterocycles. The number of esters is 2. The number of carbonyl (C=O) groups is 2. The van der Waals surface area contributed by atoms with E-state index in [0.29, 0.717) is 36.2 Å². The van der Waals surface area contributed by atoms with Crippen LogP contribution in [0.2, 0.25) is 0 Å². The van der Waals surface area contributed by atoms with Gasteiger partial charge in [-0.05, 0) is 128 Å². The van der Waals surface area contributed by atoms with E-state index in [4.69, 9.17) is 9.47 Å². The van der Waals surface area contributed by atoms with Crippen LogP contribution >= 0.6 is 0 Å². The van der Waals surface area contributed by atoms with Gasteiger partial charge in [0.25, 0.3) is 0 Å². The number of hydrogen-bond acceptors (Lipinski definition) is 5. The van der Waals surface area contributed by atoms with Crippen molar-refractivity contribution in [2.24, 2.45) is 62.1 Å². The number of hydrogen-bond donors (Lipinski definition) is 1. The molecular formula is C38H62O5. The van der Waals surface area contributed by atoms with Gasteiger partial charge in [-0.15, -0.1) is 0 Å². The molecule has 5 heteroatoms. The van der Waals surface area contributed by atoms with Gasteiger partial charge < -0.3 is 14.6 Å². The van der Waals surface area contributed by atoms with Crippen molar-refractivity contribution < 1.29 is 24.2 Å². The molecule has 0 aromatic heterocycles. The third kappa shape index (κ3) is 4.96. The van der Waals surface area contributed by atoms with Gasteiger partial charge in [-0.3, -0.25) is 9.59 Å². The summed E-state index contributed by atoms with van der Waals surface area (Å²) in [6.45, 7) is 23.5. The zero-order chi connectivity index (χ0) is 31.8. The summed E-state index contributed by atoms with van der Waals surface area (Å²) in [6.07, 6.45) is 12.0. The molecule has 0 spiro atoms. The van der Waals surface area contributed by atoms with Gasteiger partial charge >= 0.3 is 11.9 Å². The van der Waals surface area contributed by atoms with Crippen molar-refractivity contribution in [2.75, 3.05) is 13.7 Å². The molecule has 10 atom stereocenters. The van der Waals surface area contributed by atoms with Gasteiger partial charge in [-0.1, -0.05) is 60.6 Å². The first-order valence-corrected chi connectivity index (χ1v) is 17.4. The number of fused-ring (bicyclic) bond motifs is 7. The number of allylic oxidation sites excluding steroid dienone is 1. The molecule has 5 aliphatic carbocycles. The van der Waals surface area contributed by atoms with Gasteiger partial charge in [0.15, 0.2) is 0 Å². The van der Waals surface area contributed by atoms with E-state index in [-0.39, 0.29) is 58.0 Å². The van der Waals surface area contributed by atoms with Crippen molar-refractivity contribution in [3.63, 3.8) is 0 Å². The summed E-state index contributed by atoms with van der Waals surface area (Å²) >= 11 is 0. The molecule has 244 valence electrons. The van der Waals surface area contributed by atoms with Crippen LogP contribution in [0.3, 0.4) is 0 Å². The molecule has 0 saturated heterocycles. The lowest BCUT2D eigenvalue weighted by molar-refractivity contribution is -0.251. The summed E-state index contributed by atoms with van der Waals surface area (Å²) in [5, 5.41) is 10.8. The fraction of sp³-hybridized carbons (Fsp3) is 0.895. The summed E-state index contributed by atoms with van der Waals surface area (Å²) < 4.78 is 11.2. The molecule has 5 nitrogen and oxygen atoms in total. The molecule has 43 heavy (non-hydrogen) atoms. The maximum absolute atomic E-state index is 13.2. The van der Waals surface area contributed by atoms with Crippen LogP contribution in [0.1, 0.15) is 132 Å². The highest BCUT2D eigenvalue weighted by molar-refractivity contribution is 5.74. The van der Waals surface area contributed by atoms with E-state index < -0.39 is 5.41 Å². The zero-order valence-corrected chi connectivity index (χ0v) is 28.9. The Morgan fingerprint density at radius 2 is 1.51 bits per heavy atom.